The predicted octanol–water partition coefficient (Wildman–Crippen LogP) is 3.95. The van der Waals surface area contributed by atoms with E-state index in [1.165, 1.54) is 4.90 Å². The topological polar surface area (TPSA) is 74.9 Å². The molecule has 9 heteroatoms. The molecule has 2 heterocycles. The zero-order valence-electron chi connectivity index (χ0n) is 18.9. The number of benzene rings is 2. The van der Waals surface area contributed by atoms with Gasteiger partial charge in [0.25, 0.3) is 11.8 Å². The largest absolute Gasteiger partial charge is 0.494 e. The smallest absolute Gasteiger partial charge is 0.345 e. The first-order valence-corrected chi connectivity index (χ1v) is 11.2. The average Bonchev–Trinajstić information content (AvgIpc) is 3.34. The fourth-order valence-corrected chi connectivity index (χ4v) is 4.03. The van der Waals surface area contributed by atoms with E-state index in [4.69, 9.17) is 4.74 Å². The van der Waals surface area contributed by atoms with Gasteiger partial charge in [0.1, 0.15) is 5.75 Å². The SMILES string of the molecule is CN(CCOC(F)F)CCc1c[nH]c2ccc(OCCCN3C(=O)c4ccccc4C3=O)cc12. The molecule has 0 unspecified atom stereocenters. The van der Waals surface area contributed by atoms with Crippen molar-refractivity contribution in [2.45, 2.75) is 19.5 Å². The molecule has 1 aliphatic rings. The van der Waals surface area contributed by atoms with Gasteiger partial charge in [-0.1, -0.05) is 12.1 Å². The summed E-state index contributed by atoms with van der Waals surface area (Å²) in [6, 6.07) is 12.6. The maximum atomic E-state index is 12.4. The van der Waals surface area contributed by atoms with E-state index in [9.17, 15) is 18.4 Å². The second kappa shape index (κ2) is 10.8. The number of aromatic amines is 1. The molecular formula is C25H27F2N3O4. The first-order valence-electron chi connectivity index (χ1n) is 11.2. The number of ether oxygens (including phenoxy) is 2. The number of fused-ring (bicyclic) bond motifs is 2. The van der Waals surface area contributed by atoms with Crippen molar-refractivity contribution < 1.29 is 27.8 Å². The van der Waals surface area contributed by atoms with Gasteiger partial charge in [-0.05, 0) is 55.8 Å². The van der Waals surface area contributed by atoms with Gasteiger partial charge in [-0.15, -0.1) is 0 Å². The number of rotatable bonds is 12. The van der Waals surface area contributed by atoms with Gasteiger partial charge in [-0.25, -0.2) is 0 Å². The van der Waals surface area contributed by atoms with Gasteiger partial charge in [-0.2, -0.15) is 8.78 Å². The Morgan fingerprint density at radius 2 is 1.76 bits per heavy atom. The van der Waals surface area contributed by atoms with Gasteiger partial charge in [0.05, 0.1) is 24.3 Å². The molecular weight excluding hydrogens is 444 g/mol. The first-order chi connectivity index (χ1) is 16.4. The number of carbonyl (C=O) groups is 2. The molecule has 3 aromatic rings. The first kappa shape index (κ1) is 23.8. The molecule has 0 fully saturated rings. The number of aromatic nitrogens is 1. The van der Waals surface area contributed by atoms with Crippen molar-refractivity contribution >= 4 is 22.7 Å². The maximum Gasteiger partial charge on any atom is 0.345 e. The Kier molecular flexibility index (Phi) is 7.54. The highest BCUT2D eigenvalue weighted by Crippen LogP contribution is 2.25. The molecule has 1 aliphatic heterocycles. The molecule has 0 bridgehead atoms. The highest BCUT2D eigenvalue weighted by atomic mass is 19.3. The van der Waals surface area contributed by atoms with E-state index in [1.54, 1.807) is 24.3 Å². The summed E-state index contributed by atoms with van der Waals surface area (Å²) in [5.74, 6) is 0.184. The number of carbonyl (C=O) groups excluding carboxylic acids is 2. The van der Waals surface area contributed by atoms with Gasteiger partial charge >= 0.3 is 6.61 Å². The fraction of sp³-hybridized carbons (Fsp3) is 0.360. The summed E-state index contributed by atoms with van der Waals surface area (Å²) >= 11 is 0. The summed E-state index contributed by atoms with van der Waals surface area (Å²) in [6.45, 7) is -0.968. The summed E-state index contributed by atoms with van der Waals surface area (Å²) < 4.78 is 34.4. The van der Waals surface area contributed by atoms with Gasteiger partial charge in [0, 0.05) is 36.7 Å². The van der Waals surface area contributed by atoms with Gasteiger partial charge < -0.3 is 19.4 Å². The molecule has 0 saturated heterocycles. The van der Waals surface area contributed by atoms with E-state index in [1.807, 2.05) is 36.3 Å². The van der Waals surface area contributed by atoms with Gasteiger partial charge in [-0.3, -0.25) is 14.5 Å². The summed E-state index contributed by atoms with van der Waals surface area (Å²) in [7, 11) is 1.87. The average molecular weight is 472 g/mol. The van der Waals surface area contributed by atoms with Crippen LogP contribution in [-0.2, 0) is 11.2 Å². The van der Waals surface area contributed by atoms with Crippen molar-refractivity contribution in [3.05, 3.63) is 65.4 Å². The molecule has 0 aliphatic carbocycles. The standard InChI is InChI=1S/C25H27F2N3O4/c1-29(12-14-34-25(26)27)11-9-17-16-28-22-8-7-18(15-21(17)22)33-13-4-10-30-23(31)19-5-2-3-6-20(19)24(30)32/h2-3,5-8,15-16,25,28H,4,9-14H2,1H3. The number of alkyl halides is 2. The number of hydrogen-bond acceptors (Lipinski definition) is 5. The second-order valence-electron chi connectivity index (χ2n) is 8.22. The third-order valence-corrected chi connectivity index (χ3v) is 5.89. The number of imide groups is 1. The summed E-state index contributed by atoms with van der Waals surface area (Å²) in [4.78, 5) is 31.3. The highest BCUT2D eigenvalue weighted by molar-refractivity contribution is 6.21. The lowest BCUT2D eigenvalue weighted by Crippen LogP contribution is -2.31. The van der Waals surface area contributed by atoms with Crippen LogP contribution in [0.15, 0.2) is 48.7 Å². The highest BCUT2D eigenvalue weighted by Gasteiger charge is 2.34. The lowest BCUT2D eigenvalue weighted by Gasteiger charge is -2.16. The van der Waals surface area contributed by atoms with E-state index in [-0.39, 0.29) is 18.4 Å². The van der Waals surface area contributed by atoms with Crippen LogP contribution in [0.3, 0.4) is 0 Å². The van der Waals surface area contributed by atoms with Crippen LogP contribution in [-0.4, -0.2) is 73.1 Å². The van der Waals surface area contributed by atoms with E-state index in [2.05, 4.69) is 9.72 Å². The Morgan fingerprint density at radius 3 is 2.47 bits per heavy atom. The number of nitrogens with one attached hydrogen (secondary N) is 1. The molecule has 7 nitrogen and oxygen atoms in total. The van der Waals surface area contributed by atoms with Crippen LogP contribution in [0.2, 0.25) is 0 Å². The second-order valence-corrected chi connectivity index (χ2v) is 8.22. The number of likely N-dealkylation sites (N-methyl/N-ethyl adjacent to an activating group) is 1. The minimum absolute atomic E-state index is 0.0131. The Morgan fingerprint density at radius 1 is 1.03 bits per heavy atom. The van der Waals surface area contributed by atoms with Crippen LogP contribution in [0.4, 0.5) is 8.78 Å². The molecule has 1 aromatic heterocycles. The normalized spacial score (nSPS) is 13.5. The van der Waals surface area contributed by atoms with E-state index >= 15 is 0 Å². The molecule has 0 radical (unpaired) electrons. The summed E-state index contributed by atoms with van der Waals surface area (Å²) in [5, 5.41) is 1.04. The van der Waals surface area contributed by atoms with Crippen LogP contribution in [0.1, 0.15) is 32.7 Å². The van der Waals surface area contributed by atoms with Crippen molar-refractivity contribution in [3.63, 3.8) is 0 Å². The number of amides is 2. The molecule has 0 spiro atoms. The predicted molar refractivity (Wildman–Crippen MR) is 123 cm³/mol. The van der Waals surface area contributed by atoms with Crippen molar-refractivity contribution in [3.8, 4) is 5.75 Å². The molecule has 4 rings (SSSR count). The Balaban J connectivity index is 1.27. The van der Waals surface area contributed by atoms with Crippen molar-refractivity contribution in [2.75, 3.05) is 39.9 Å². The van der Waals surface area contributed by atoms with Crippen LogP contribution >= 0.6 is 0 Å². The molecule has 2 aromatic carbocycles. The molecule has 0 saturated carbocycles. The summed E-state index contributed by atoms with van der Waals surface area (Å²) in [5.41, 5.74) is 2.99. The third-order valence-electron chi connectivity index (χ3n) is 5.89. The molecule has 34 heavy (non-hydrogen) atoms. The molecule has 1 N–H and O–H groups in total. The lowest BCUT2D eigenvalue weighted by atomic mass is 10.1. The maximum absolute atomic E-state index is 12.4. The Hall–Kier alpha value is -3.30. The minimum atomic E-state index is -2.74. The Labute approximate surface area is 196 Å². The van der Waals surface area contributed by atoms with Gasteiger partial charge in [0.15, 0.2) is 0 Å². The molecule has 180 valence electrons. The molecule has 2 amide bonds. The number of hydrogen-bond donors (Lipinski definition) is 1. The molecule has 0 atom stereocenters. The van der Waals surface area contributed by atoms with Crippen LogP contribution in [0.5, 0.6) is 5.75 Å². The van der Waals surface area contributed by atoms with Crippen molar-refractivity contribution in [2.24, 2.45) is 0 Å². The van der Waals surface area contributed by atoms with E-state index in [0.29, 0.717) is 49.5 Å². The number of nitrogens with zero attached hydrogens (tertiary/aromatic N) is 2. The van der Waals surface area contributed by atoms with Crippen molar-refractivity contribution in [1.82, 2.24) is 14.8 Å². The minimum Gasteiger partial charge on any atom is -0.494 e. The fourth-order valence-electron chi connectivity index (χ4n) is 4.03. The van der Waals surface area contributed by atoms with Crippen LogP contribution in [0.25, 0.3) is 10.9 Å². The van der Waals surface area contributed by atoms with E-state index < -0.39 is 6.61 Å². The van der Waals surface area contributed by atoms with Crippen molar-refractivity contribution in [1.29, 1.82) is 0 Å². The number of halogens is 2. The lowest BCUT2D eigenvalue weighted by molar-refractivity contribution is -0.131. The van der Waals surface area contributed by atoms with Crippen LogP contribution < -0.4 is 4.74 Å². The zero-order valence-corrected chi connectivity index (χ0v) is 18.9. The van der Waals surface area contributed by atoms with E-state index in [0.717, 1.165) is 22.9 Å². The monoisotopic (exact) mass is 471 g/mol. The number of H-pyrrole nitrogens is 1. The van der Waals surface area contributed by atoms with Gasteiger partial charge in [0.2, 0.25) is 0 Å². The third kappa shape index (κ3) is 5.43. The Bertz CT molecular complexity index is 1130. The van der Waals surface area contributed by atoms with Crippen LogP contribution in [0, 0.1) is 0 Å². The summed E-state index contributed by atoms with van der Waals surface area (Å²) in [6.07, 6.45) is 3.21. The zero-order chi connectivity index (χ0) is 24.1. The quantitative estimate of drug-likeness (QED) is 0.320.